The first kappa shape index (κ1) is 14.0. The van der Waals surface area contributed by atoms with Gasteiger partial charge in [-0.1, -0.05) is 22.0 Å². The van der Waals surface area contributed by atoms with Gasteiger partial charge in [-0.25, -0.2) is 13.1 Å². The molecule has 0 aromatic heterocycles. The fourth-order valence-electron chi connectivity index (χ4n) is 1.68. The Morgan fingerprint density at radius 2 is 2.33 bits per heavy atom. The Kier molecular flexibility index (Phi) is 4.74. The van der Waals surface area contributed by atoms with Gasteiger partial charge in [-0.15, -0.1) is 0 Å². The lowest BCUT2D eigenvalue weighted by Gasteiger charge is -2.23. The molecule has 1 unspecified atom stereocenters. The zero-order chi connectivity index (χ0) is 13.0. The normalized spacial score (nSPS) is 20.8. The van der Waals surface area contributed by atoms with Gasteiger partial charge >= 0.3 is 0 Å². The summed E-state index contributed by atoms with van der Waals surface area (Å²) in [5.41, 5.74) is 0. The van der Waals surface area contributed by atoms with Gasteiger partial charge in [-0.3, -0.25) is 0 Å². The van der Waals surface area contributed by atoms with Gasteiger partial charge in [0.1, 0.15) is 0 Å². The van der Waals surface area contributed by atoms with Gasteiger partial charge in [-0.2, -0.15) is 0 Å². The molecule has 1 saturated heterocycles. The Labute approximate surface area is 115 Å². The number of ether oxygens (including phenoxy) is 1. The number of morpholine rings is 1. The van der Waals surface area contributed by atoms with Gasteiger partial charge in [0.2, 0.25) is 10.0 Å². The molecule has 0 aliphatic carbocycles. The maximum absolute atomic E-state index is 12.0. The molecule has 1 aliphatic rings. The molecule has 1 heterocycles. The van der Waals surface area contributed by atoms with Crippen LogP contribution in [0.3, 0.4) is 0 Å². The summed E-state index contributed by atoms with van der Waals surface area (Å²) in [6.45, 7) is 2.29. The first-order valence-electron chi connectivity index (χ1n) is 5.64. The SMILES string of the molecule is O=S(=O)(NCC1COCCN1)c1cccc(Br)c1. The number of rotatable bonds is 4. The summed E-state index contributed by atoms with van der Waals surface area (Å²) in [4.78, 5) is 0.258. The number of halogens is 1. The van der Waals surface area contributed by atoms with E-state index in [1.165, 1.54) is 0 Å². The van der Waals surface area contributed by atoms with Crippen molar-refractivity contribution in [2.24, 2.45) is 0 Å². The molecule has 1 aliphatic heterocycles. The second-order valence-electron chi connectivity index (χ2n) is 4.04. The summed E-state index contributed by atoms with van der Waals surface area (Å²) in [6, 6.07) is 6.65. The molecule has 1 fully saturated rings. The number of sulfonamides is 1. The lowest BCUT2D eigenvalue weighted by Crippen LogP contribution is -2.48. The maximum Gasteiger partial charge on any atom is 0.240 e. The smallest absolute Gasteiger partial charge is 0.240 e. The van der Waals surface area contributed by atoms with Crippen LogP contribution in [0.2, 0.25) is 0 Å². The van der Waals surface area contributed by atoms with Crippen LogP contribution in [-0.2, 0) is 14.8 Å². The summed E-state index contributed by atoms with van der Waals surface area (Å²) >= 11 is 3.26. The van der Waals surface area contributed by atoms with Crippen LogP contribution in [-0.4, -0.2) is 40.8 Å². The van der Waals surface area contributed by atoms with Crippen LogP contribution in [0, 0.1) is 0 Å². The average molecular weight is 335 g/mol. The van der Waals surface area contributed by atoms with Crippen molar-refractivity contribution in [3.05, 3.63) is 28.7 Å². The van der Waals surface area contributed by atoms with E-state index >= 15 is 0 Å². The fourth-order valence-corrected chi connectivity index (χ4v) is 3.36. The van der Waals surface area contributed by atoms with E-state index < -0.39 is 10.0 Å². The van der Waals surface area contributed by atoms with Crippen molar-refractivity contribution in [1.82, 2.24) is 10.0 Å². The van der Waals surface area contributed by atoms with Gasteiger partial charge in [0, 0.05) is 23.6 Å². The van der Waals surface area contributed by atoms with E-state index in [9.17, 15) is 8.42 Å². The van der Waals surface area contributed by atoms with Crippen LogP contribution in [0.15, 0.2) is 33.6 Å². The number of benzene rings is 1. The Morgan fingerprint density at radius 1 is 1.50 bits per heavy atom. The monoisotopic (exact) mass is 334 g/mol. The van der Waals surface area contributed by atoms with E-state index in [2.05, 4.69) is 26.0 Å². The molecule has 0 spiro atoms. The average Bonchev–Trinajstić information content (AvgIpc) is 2.38. The molecule has 100 valence electrons. The van der Waals surface area contributed by atoms with Crippen molar-refractivity contribution >= 4 is 26.0 Å². The van der Waals surface area contributed by atoms with Crippen molar-refractivity contribution in [2.45, 2.75) is 10.9 Å². The van der Waals surface area contributed by atoms with Crippen molar-refractivity contribution in [3.8, 4) is 0 Å². The van der Waals surface area contributed by atoms with Gasteiger partial charge < -0.3 is 10.1 Å². The first-order chi connectivity index (χ1) is 8.58. The van der Waals surface area contributed by atoms with E-state index in [-0.39, 0.29) is 10.9 Å². The number of hydrogen-bond donors (Lipinski definition) is 2. The highest BCUT2D eigenvalue weighted by molar-refractivity contribution is 9.10. The van der Waals surface area contributed by atoms with Crippen LogP contribution in [0.4, 0.5) is 0 Å². The minimum Gasteiger partial charge on any atom is -0.378 e. The van der Waals surface area contributed by atoms with Crippen molar-refractivity contribution in [1.29, 1.82) is 0 Å². The van der Waals surface area contributed by atoms with Crippen molar-refractivity contribution in [3.63, 3.8) is 0 Å². The zero-order valence-electron chi connectivity index (χ0n) is 9.73. The Morgan fingerprint density at radius 3 is 3.00 bits per heavy atom. The molecule has 2 rings (SSSR count). The topological polar surface area (TPSA) is 67.4 Å². The Bertz CT molecular complexity index is 501. The Balaban J connectivity index is 1.98. The van der Waals surface area contributed by atoms with Crippen molar-refractivity contribution < 1.29 is 13.2 Å². The maximum atomic E-state index is 12.0. The van der Waals surface area contributed by atoms with Crippen LogP contribution in [0.1, 0.15) is 0 Å². The van der Waals surface area contributed by atoms with Crippen LogP contribution in [0.25, 0.3) is 0 Å². The van der Waals surface area contributed by atoms with E-state index in [1.807, 2.05) is 0 Å². The summed E-state index contributed by atoms with van der Waals surface area (Å²) in [7, 11) is -3.46. The molecule has 0 saturated carbocycles. The van der Waals surface area contributed by atoms with Crippen LogP contribution in [0.5, 0.6) is 0 Å². The molecule has 0 radical (unpaired) electrons. The molecule has 1 atom stereocenters. The zero-order valence-corrected chi connectivity index (χ0v) is 12.1. The molecule has 2 N–H and O–H groups in total. The lowest BCUT2D eigenvalue weighted by atomic mass is 10.3. The highest BCUT2D eigenvalue weighted by Gasteiger charge is 2.18. The molecule has 18 heavy (non-hydrogen) atoms. The molecule has 1 aromatic carbocycles. The fraction of sp³-hybridized carbons (Fsp3) is 0.455. The van der Waals surface area contributed by atoms with Crippen molar-refractivity contribution in [2.75, 3.05) is 26.3 Å². The molecule has 1 aromatic rings. The van der Waals surface area contributed by atoms with E-state index in [0.29, 0.717) is 19.8 Å². The predicted octanol–water partition coefficient (Wildman–Crippen LogP) is 0.716. The third kappa shape index (κ3) is 3.76. The standard InChI is InChI=1S/C11H15BrN2O3S/c12-9-2-1-3-11(6-9)18(15,16)14-7-10-8-17-5-4-13-10/h1-3,6,10,13-14H,4-5,7-8H2. The minimum absolute atomic E-state index is 0.0284. The summed E-state index contributed by atoms with van der Waals surface area (Å²) in [5.74, 6) is 0. The highest BCUT2D eigenvalue weighted by Crippen LogP contribution is 2.15. The molecule has 0 amide bonds. The Hall–Kier alpha value is -0.470. The molecular formula is C11H15BrN2O3S. The predicted molar refractivity (Wildman–Crippen MR) is 71.9 cm³/mol. The first-order valence-corrected chi connectivity index (χ1v) is 7.92. The third-order valence-corrected chi connectivity index (χ3v) is 4.54. The number of hydrogen-bond acceptors (Lipinski definition) is 4. The summed E-state index contributed by atoms with van der Waals surface area (Å²) in [6.07, 6.45) is 0. The van der Waals surface area contributed by atoms with E-state index in [4.69, 9.17) is 4.74 Å². The van der Waals surface area contributed by atoms with Gasteiger partial charge in [0.15, 0.2) is 0 Å². The summed E-state index contributed by atoms with van der Waals surface area (Å²) < 4.78 is 32.6. The number of nitrogens with one attached hydrogen (secondary N) is 2. The van der Waals surface area contributed by atoms with E-state index in [0.717, 1.165) is 11.0 Å². The van der Waals surface area contributed by atoms with Gasteiger partial charge in [0.05, 0.1) is 18.1 Å². The largest absolute Gasteiger partial charge is 0.378 e. The third-order valence-electron chi connectivity index (χ3n) is 2.62. The molecule has 7 heteroatoms. The van der Waals surface area contributed by atoms with Crippen LogP contribution >= 0.6 is 15.9 Å². The van der Waals surface area contributed by atoms with Crippen LogP contribution < -0.4 is 10.0 Å². The van der Waals surface area contributed by atoms with Gasteiger partial charge in [-0.05, 0) is 18.2 Å². The minimum atomic E-state index is -3.46. The van der Waals surface area contributed by atoms with E-state index in [1.54, 1.807) is 24.3 Å². The molecule has 5 nitrogen and oxygen atoms in total. The molecule has 0 bridgehead atoms. The summed E-state index contributed by atoms with van der Waals surface area (Å²) in [5, 5.41) is 3.19. The second-order valence-corrected chi connectivity index (χ2v) is 6.72. The highest BCUT2D eigenvalue weighted by atomic mass is 79.9. The lowest BCUT2D eigenvalue weighted by molar-refractivity contribution is 0.0784. The second kappa shape index (κ2) is 6.12. The quantitative estimate of drug-likeness (QED) is 0.851. The molecular weight excluding hydrogens is 320 g/mol. The van der Waals surface area contributed by atoms with Gasteiger partial charge in [0.25, 0.3) is 0 Å².